The summed E-state index contributed by atoms with van der Waals surface area (Å²) in [6, 6.07) is 9.88. The number of anilines is 2. The predicted molar refractivity (Wildman–Crippen MR) is 90.4 cm³/mol. The van der Waals surface area contributed by atoms with Gasteiger partial charge in [-0.1, -0.05) is 6.07 Å². The smallest absolute Gasteiger partial charge is 0.258 e. The third kappa shape index (κ3) is 3.03. The van der Waals surface area contributed by atoms with E-state index in [0.29, 0.717) is 43.6 Å². The lowest BCUT2D eigenvalue weighted by Crippen LogP contribution is -2.36. The molecule has 0 radical (unpaired) electrons. The van der Waals surface area contributed by atoms with E-state index in [0.717, 1.165) is 0 Å². The molecular weight excluding hydrogens is 325 g/mol. The van der Waals surface area contributed by atoms with E-state index in [1.165, 1.54) is 6.07 Å². The molecule has 1 saturated heterocycles. The van der Waals surface area contributed by atoms with Gasteiger partial charge in [0.25, 0.3) is 5.91 Å². The van der Waals surface area contributed by atoms with Gasteiger partial charge in [-0.15, -0.1) is 10.2 Å². The number of carbonyl (C=O) groups excluding carboxylic acids is 1. The molecule has 3 heterocycles. The Bertz CT molecular complexity index is 920. The predicted octanol–water partition coefficient (Wildman–Crippen LogP) is 1.96. The molecule has 25 heavy (non-hydrogen) atoms. The summed E-state index contributed by atoms with van der Waals surface area (Å²) in [5.41, 5.74) is 1.32. The second-order valence-corrected chi connectivity index (χ2v) is 5.67. The minimum atomic E-state index is -0.439. The van der Waals surface area contributed by atoms with Gasteiger partial charge in [0, 0.05) is 24.8 Å². The highest BCUT2D eigenvalue weighted by Crippen LogP contribution is 2.22. The number of carbonyl (C=O) groups is 1. The van der Waals surface area contributed by atoms with Gasteiger partial charge in [-0.25, -0.2) is 4.39 Å². The number of aromatic nitrogens is 3. The van der Waals surface area contributed by atoms with Crippen LogP contribution in [0, 0.1) is 5.82 Å². The molecule has 4 rings (SSSR count). The lowest BCUT2D eigenvalue weighted by Gasteiger charge is -2.29. The molecule has 0 saturated carbocycles. The number of rotatable bonds is 3. The summed E-state index contributed by atoms with van der Waals surface area (Å²) >= 11 is 0. The summed E-state index contributed by atoms with van der Waals surface area (Å²) in [6.45, 7) is 2.41. The quantitative estimate of drug-likeness (QED) is 0.788. The summed E-state index contributed by atoms with van der Waals surface area (Å²) in [5.74, 6) is -0.579. The van der Waals surface area contributed by atoms with Crippen molar-refractivity contribution >= 4 is 23.2 Å². The van der Waals surface area contributed by atoms with E-state index in [-0.39, 0.29) is 5.56 Å². The number of nitrogens with one attached hydrogen (secondary N) is 1. The van der Waals surface area contributed by atoms with Crippen LogP contribution in [0.1, 0.15) is 10.4 Å². The van der Waals surface area contributed by atoms with E-state index in [4.69, 9.17) is 4.74 Å². The minimum absolute atomic E-state index is 0.224. The molecule has 0 bridgehead atoms. The van der Waals surface area contributed by atoms with Gasteiger partial charge in [0.2, 0.25) is 5.95 Å². The third-order valence-electron chi connectivity index (χ3n) is 4.10. The highest BCUT2D eigenvalue weighted by atomic mass is 19.1. The Balaban J connectivity index is 1.55. The van der Waals surface area contributed by atoms with Gasteiger partial charge in [-0.2, -0.15) is 0 Å². The number of ether oxygens (including phenoxy) is 1. The normalized spacial score (nSPS) is 14.7. The van der Waals surface area contributed by atoms with Crippen LogP contribution in [0.15, 0.2) is 42.6 Å². The van der Waals surface area contributed by atoms with E-state index in [9.17, 15) is 9.18 Å². The molecule has 0 unspecified atom stereocenters. The number of fused-ring (bicyclic) bond motifs is 1. The molecule has 3 aromatic rings. The van der Waals surface area contributed by atoms with Crippen molar-refractivity contribution in [2.45, 2.75) is 0 Å². The molecule has 2 aromatic heterocycles. The fourth-order valence-corrected chi connectivity index (χ4v) is 2.81. The molecule has 128 valence electrons. The topological polar surface area (TPSA) is 71.8 Å². The Hall–Kier alpha value is -3.00. The first-order chi connectivity index (χ1) is 12.2. The van der Waals surface area contributed by atoms with Crippen molar-refractivity contribution in [2.24, 2.45) is 0 Å². The Morgan fingerprint density at radius 1 is 1.16 bits per heavy atom. The van der Waals surface area contributed by atoms with Gasteiger partial charge in [-0.3, -0.25) is 14.5 Å². The van der Waals surface area contributed by atoms with E-state index in [1.54, 1.807) is 28.8 Å². The highest BCUT2D eigenvalue weighted by molar-refractivity contribution is 6.03. The van der Waals surface area contributed by atoms with Crippen LogP contribution in [-0.2, 0) is 4.74 Å². The average molecular weight is 341 g/mol. The van der Waals surface area contributed by atoms with Gasteiger partial charge < -0.3 is 9.64 Å². The molecule has 1 fully saturated rings. The summed E-state index contributed by atoms with van der Waals surface area (Å²) in [5, 5.41) is 10.6. The number of morpholine rings is 1. The van der Waals surface area contributed by atoms with Crippen LogP contribution in [0.3, 0.4) is 0 Å². The van der Waals surface area contributed by atoms with Crippen molar-refractivity contribution in [2.75, 3.05) is 36.5 Å². The van der Waals surface area contributed by atoms with Crippen molar-refractivity contribution in [3.63, 3.8) is 0 Å². The van der Waals surface area contributed by atoms with Gasteiger partial charge >= 0.3 is 0 Å². The molecule has 1 aliphatic rings. The zero-order valence-electron chi connectivity index (χ0n) is 13.4. The van der Waals surface area contributed by atoms with Crippen molar-refractivity contribution in [3.8, 4) is 0 Å². The number of halogens is 1. The molecule has 1 aliphatic heterocycles. The van der Waals surface area contributed by atoms with Gasteiger partial charge in [0.05, 0.1) is 18.9 Å². The first kappa shape index (κ1) is 15.5. The second-order valence-electron chi connectivity index (χ2n) is 5.67. The number of pyridine rings is 1. The maximum Gasteiger partial charge on any atom is 0.258 e. The molecular formula is C17H16FN5O2. The first-order valence-electron chi connectivity index (χ1n) is 7.96. The molecule has 8 heteroatoms. The number of nitrogens with zero attached hydrogens (tertiary/aromatic N) is 4. The Morgan fingerprint density at radius 3 is 2.80 bits per heavy atom. The number of hydrogen-bond donors (Lipinski definition) is 1. The third-order valence-corrected chi connectivity index (χ3v) is 4.10. The van der Waals surface area contributed by atoms with E-state index < -0.39 is 11.7 Å². The number of benzene rings is 1. The van der Waals surface area contributed by atoms with E-state index >= 15 is 0 Å². The maximum absolute atomic E-state index is 14.4. The highest BCUT2D eigenvalue weighted by Gasteiger charge is 2.18. The van der Waals surface area contributed by atoms with Crippen LogP contribution in [-0.4, -0.2) is 46.8 Å². The zero-order chi connectivity index (χ0) is 17.2. The Morgan fingerprint density at radius 2 is 2.00 bits per heavy atom. The largest absolute Gasteiger partial charge is 0.378 e. The van der Waals surface area contributed by atoms with Crippen LogP contribution in [0.4, 0.5) is 16.0 Å². The first-order valence-corrected chi connectivity index (χ1v) is 7.96. The lowest BCUT2D eigenvalue weighted by molar-refractivity contribution is 0.102. The number of amides is 1. The Labute approximate surface area is 143 Å². The SMILES string of the molecule is O=C(Nc1nnc2ccccn12)c1ccc(N2CCOCC2)c(F)c1. The minimum Gasteiger partial charge on any atom is -0.378 e. The van der Waals surface area contributed by atoms with Crippen LogP contribution >= 0.6 is 0 Å². The van der Waals surface area contributed by atoms with Crippen LogP contribution in [0.5, 0.6) is 0 Å². The van der Waals surface area contributed by atoms with E-state index in [1.807, 2.05) is 17.0 Å². The molecule has 1 N–H and O–H groups in total. The number of hydrogen-bond acceptors (Lipinski definition) is 5. The van der Waals surface area contributed by atoms with Gasteiger partial charge in [-0.05, 0) is 30.3 Å². The summed E-state index contributed by atoms with van der Waals surface area (Å²) in [4.78, 5) is 14.3. The molecule has 7 nitrogen and oxygen atoms in total. The van der Waals surface area contributed by atoms with Crippen molar-refractivity contribution in [3.05, 3.63) is 54.0 Å². The standard InChI is InChI=1S/C17H16FN5O2/c18-13-11-12(4-5-14(13)22-7-9-25-10-8-22)16(24)19-17-21-20-15-3-1-2-6-23(15)17/h1-6,11H,7-10H2,(H,19,21,24). The zero-order valence-corrected chi connectivity index (χ0v) is 13.4. The Kier molecular flexibility index (Phi) is 4.02. The monoisotopic (exact) mass is 341 g/mol. The fraction of sp³-hybridized carbons (Fsp3) is 0.235. The van der Waals surface area contributed by atoms with Crippen molar-refractivity contribution < 1.29 is 13.9 Å². The second kappa shape index (κ2) is 6.48. The summed E-state index contributed by atoms with van der Waals surface area (Å²) < 4.78 is 21.4. The lowest BCUT2D eigenvalue weighted by atomic mass is 10.1. The fourth-order valence-electron chi connectivity index (χ4n) is 2.81. The molecule has 0 spiro atoms. The van der Waals surface area contributed by atoms with Crippen LogP contribution in [0.25, 0.3) is 5.65 Å². The van der Waals surface area contributed by atoms with Gasteiger partial charge in [0.15, 0.2) is 5.65 Å². The molecule has 0 aliphatic carbocycles. The average Bonchev–Trinajstić information content (AvgIpc) is 3.05. The summed E-state index contributed by atoms with van der Waals surface area (Å²) in [7, 11) is 0. The van der Waals surface area contributed by atoms with Gasteiger partial charge in [0.1, 0.15) is 5.82 Å². The van der Waals surface area contributed by atoms with Crippen molar-refractivity contribution in [1.82, 2.24) is 14.6 Å². The van der Waals surface area contributed by atoms with E-state index in [2.05, 4.69) is 15.5 Å². The molecule has 1 amide bonds. The van der Waals surface area contributed by atoms with Crippen molar-refractivity contribution in [1.29, 1.82) is 0 Å². The van der Waals surface area contributed by atoms with Crippen LogP contribution < -0.4 is 10.2 Å². The van der Waals surface area contributed by atoms with Crippen LogP contribution in [0.2, 0.25) is 0 Å². The summed E-state index contributed by atoms with van der Waals surface area (Å²) in [6.07, 6.45) is 1.74. The molecule has 1 aromatic carbocycles. The maximum atomic E-state index is 14.4. The molecule has 0 atom stereocenters.